The molecule has 1 N–H and O–H groups in total. The maximum Gasteiger partial charge on any atom is 0.260 e. The van der Waals surface area contributed by atoms with E-state index in [0.717, 1.165) is 16.1 Å². The first-order chi connectivity index (χ1) is 13.2. The van der Waals surface area contributed by atoms with Crippen LogP contribution in [0.2, 0.25) is 0 Å². The van der Waals surface area contributed by atoms with Crippen molar-refractivity contribution in [2.45, 2.75) is 6.92 Å². The summed E-state index contributed by atoms with van der Waals surface area (Å²) in [4.78, 5) is 12.2. The number of nitrogens with one attached hydrogen (secondary N) is 1. The van der Waals surface area contributed by atoms with Crippen LogP contribution in [0.3, 0.4) is 0 Å². The molecular formula is C19H23N3O5S. The third kappa shape index (κ3) is 5.71. The molecule has 1 amide bonds. The van der Waals surface area contributed by atoms with Crippen LogP contribution in [0.5, 0.6) is 11.5 Å². The second-order valence-corrected chi connectivity index (χ2v) is 7.92. The van der Waals surface area contributed by atoms with Gasteiger partial charge in [-0.3, -0.25) is 9.10 Å². The highest BCUT2D eigenvalue weighted by molar-refractivity contribution is 7.92. The van der Waals surface area contributed by atoms with Crippen molar-refractivity contribution in [3.63, 3.8) is 0 Å². The highest BCUT2D eigenvalue weighted by Gasteiger charge is 2.20. The van der Waals surface area contributed by atoms with Gasteiger partial charge in [0.25, 0.3) is 5.91 Å². The molecule has 9 heteroatoms. The summed E-state index contributed by atoms with van der Waals surface area (Å²) in [5, 5.41) is 3.89. The molecule has 2 aromatic rings. The number of ether oxygens (including phenoxy) is 2. The molecule has 0 saturated heterocycles. The Bertz CT molecular complexity index is 973. The summed E-state index contributed by atoms with van der Waals surface area (Å²) < 4.78 is 35.6. The molecule has 0 fully saturated rings. The lowest BCUT2D eigenvalue weighted by Crippen LogP contribution is -2.39. The van der Waals surface area contributed by atoms with Gasteiger partial charge in [0.05, 0.1) is 32.4 Å². The van der Waals surface area contributed by atoms with Crippen molar-refractivity contribution in [1.29, 1.82) is 0 Å². The zero-order chi connectivity index (χ0) is 20.7. The molecule has 0 unspecified atom stereocenters. The van der Waals surface area contributed by atoms with Crippen LogP contribution in [0.25, 0.3) is 0 Å². The molecule has 0 bridgehead atoms. The highest BCUT2D eigenvalue weighted by atomic mass is 32.2. The van der Waals surface area contributed by atoms with Gasteiger partial charge in [0.1, 0.15) is 18.0 Å². The van der Waals surface area contributed by atoms with Gasteiger partial charge in [-0.1, -0.05) is 12.1 Å². The number of carbonyl (C=O) groups excluding carboxylic acids is 1. The Balaban J connectivity index is 2.13. The van der Waals surface area contributed by atoms with E-state index in [-0.39, 0.29) is 0 Å². The predicted molar refractivity (Wildman–Crippen MR) is 109 cm³/mol. The van der Waals surface area contributed by atoms with Crippen molar-refractivity contribution < 1.29 is 22.7 Å². The fourth-order valence-electron chi connectivity index (χ4n) is 2.46. The molecule has 0 aliphatic heterocycles. The zero-order valence-corrected chi connectivity index (χ0v) is 17.0. The summed E-state index contributed by atoms with van der Waals surface area (Å²) in [5.41, 5.74) is 4.23. The zero-order valence-electron chi connectivity index (χ0n) is 16.2. The van der Waals surface area contributed by atoms with Gasteiger partial charge in [0.15, 0.2) is 0 Å². The van der Waals surface area contributed by atoms with Crippen LogP contribution < -0.4 is 19.2 Å². The number of benzene rings is 2. The molecule has 0 radical (unpaired) electrons. The molecule has 0 atom stereocenters. The molecule has 0 aromatic heterocycles. The topological polar surface area (TPSA) is 97.3 Å². The number of hydrogen-bond acceptors (Lipinski definition) is 6. The minimum atomic E-state index is -3.64. The lowest BCUT2D eigenvalue weighted by atomic mass is 10.2. The Morgan fingerprint density at radius 1 is 1.18 bits per heavy atom. The van der Waals surface area contributed by atoms with Crippen LogP contribution in [0, 0.1) is 6.92 Å². The second-order valence-electron chi connectivity index (χ2n) is 6.01. The van der Waals surface area contributed by atoms with E-state index in [2.05, 4.69) is 10.5 Å². The standard InChI is InChI=1S/C19H23N3O5S/c1-14-6-5-7-16(10-14)22(28(4,24)25)13-19(23)21-20-12-15-11-17(26-2)8-9-18(15)27-3/h5-12H,13H2,1-4H3,(H,21,23)/b20-12+. The van der Waals surface area contributed by atoms with Gasteiger partial charge < -0.3 is 9.47 Å². The van der Waals surface area contributed by atoms with Crippen molar-refractivity contribution in [2.75, 3.05) is 31.3 Å². The summed E-state index contributed by atoms with van der Waals surface area (Å²) in [6.45, 7) is 1.45. The smallest absolute Gasteiger partial charge is 0.260 e. The van der Waals surface area contributed by atoms with Gasteiger partial charge >= 0.3 is 0 Å². The van der Waals surface area contributed by atoms with E-state index in [1.165, 1.54) is 20.4 Å². The van der Waals surface area contributed by atoms with E-state index in [4.69, 9.17) is 9.47 Å². The largest absolute Gasteiger partial charge is 0.497 e. The summed E-state index contributed by atoms with van der Waals surface area (Å²) in [6.07, 6.45) is 2.45. The Labute approximate surface area is 164 Å². The van der Waals surface area contributed by atoms with E-state index >= 15 is 0 Å². The SMILES string of the molecule is COc1ccc(OC)c(/C=N/NC(=O)CN(c2cccc(C)c2)S(C)(=O)=O)c1. The molecule has 0 aliphatic rings. The lowest BCUT2D eigenvalue weighted by Gasteiger charge is -2.21. The van der Waals surface area contributed by atoms with Gasteiger partial charge in [-0.05, 0) is 42.8 Å². The van der Waals surface area contributed by atoms with Crippen LogP contribution in [-0.4, -0.2) is 47.6 Å². The van der Waals surface area contributed by atoms with Crippen molar-refractivity contribution in [2.24, 2.45) is 5.10 Å². The first kappa shape index (κ1) is 21.2. The molecule has 2 aromatic carbocycles. The van der Waals surface area contributed by atoms with Gasteiger partial charge in [-0.2, -0.15) is 5.10 Å². The average Bonchev–Trinajstić information content (AvgIpc) is 2.65. The first-order valence-electron chi connectivity index (χ1n) is 8.33. The summed E-state index contributed by atoms with van der Waals surface area (Å²) in [7, 11) is -0.588. The van der Waals surface area contributed by atoms with E-state index in [9.17, 15) is 13.2 Å². The number of aryl methyl sites for hydroxylation is 1. The van der Waals surface area contributed by atoms with Gasteiger partial charge in [0, 0.05) is 5.56 Å². The van der Waals surface area contributed by atoms with E-state index < -0.39 is 22.5 Å². The number of sulfonamides is 1. The number of hydrazone groups is 1. The van der Waals surface area contributed by atoms with E-state index in [1.54, 1.807) is 36.4 Å². The van der Waals surface area contributed by atoms with Gasteiger partial charge in [-0.25, -0.2) is 13.8 Å². The third-order valence-corrected chi connectivity index (χ3v) is 4.95. The van der Waals surface area contributed by atoms with Crippen LogP contribution in [0.1, 0.15) is 11.1 Å². The van der Waals surface area contributed by atoms with Crippen LogP contribution in [0.15, 0.2) is 47.6 Å². The van der Waals surface area contributed by atoms with E-state index in [1.807, 2.05) is 13.0 Å². The molecular weight excluding hydrogens is 382 g/mol. The Morgan fingerprint density at radius 3 is 2.54 bits per heavy atom. The lowest BCUT2D eigenvalue weighted by molar-refractivity contribution is -0.119. The predicted octanol–water partition coefficient (Wildman–Crippen LogP) is 1.93. The third-order valence-electron chi connectivity index (χ3n) is 3.81. The normalized spacial score (nSPS) is 11.3. The quantitative estimate of drug-likeness (QED) is 0.535. The number of rotatable bonds is 8. The van der Waals surface area contributed by atoms with Crippen molar-refractivity contribution in [1.82, 2.24) is 5.43 Å². The van der Waals surface area contributed by atoms with Crippen LogP contribution in [-0.2, 0) is 14.8 Å². The molecule has 2 rings (SSSR count). The Kier molecular flexibility index (Phi) is 7.00. The minimum absolute atomic E-state index is 0.394. The summed E-state index contributed by atoms with van der Waals surface area (Å²) >= 11 is 0. The van der Waals surface area contributed by atoms with Crippen molar-refractivity contribution in [3.05, 3.63) is 53.6 Å². The van der Waals surface area contributed by atoms with Crippen molar-refractivity contribution >= 4 is 27.8 Å². The van der Waals surface area contributed by atoms with E-state index in [0.29, 0.717) is 22.7 Å². The number of hydrogen-bond donors (Lipinski definition) is 1. The molecule has 0 saturated carbocycles. The summed E-state index contributed by atoms with van der Waals surface area (Å²) in [6, 6.07) is 12.0. The molecule has 150 valence electrons. The minimum Gasteiger partial charge on any atom is -0.497 e. The maximum atomic E-state index is 12.2. The Morgan fingerprint density at radius 2 is 1.93 bits per heavy atom. The first-order valence-corrected chi connectivity index (χ1v) is 10.2. The fraction of sp³-hybridized carbons (Fsp3) is 0.263. The fourth-order valence-corrected chi connectivity index (χ4v) is 3.31. The van der Waals surface area contributed by atoms with Gasteiger partial charge in [0.2, 0.25) is 10.0 Å². The molecule has 0 heterocycles. The monoisotopic (exact) mass is 405 g/mol. The maximum absolute atomic E-state index is 12.2. The second kappa shape index (κ2) is 9.23. The molecule has 0 aliphatic carbocycles. The average molecular weight is 405 g/mol. The number of amides is 1. The molecule has 8 nitrogen and oxygen atoms in total. The van der Waals surface area contributed by atoms with Crippen LogP contribution in [0.4, 0.5) is 5.69 Å². The molecule has 28 heavy (non-hydrogen) atoms. The molecule has 0 spiro atoms. The van der Waals surface area contributed by atoms with Gasteiger partial charge in [-0.15, -0.1) is 0 Å². The number of methoxy groups -OCH3 is 2. The Hall–Kier alpha value is -3.07. The van der Waals surface area contributed by atoms with Crippen molar-refractivity contribution in [3.8, 4) is 11.5 Å². The number of carbonyl (C=O) groups is 1. The number of anilines is 1. The highest BCUT2D eigenvalue weighted by Crippen LogP contribution is 2.22. The van der Waals surface area contributed by atoms with Crippen LogP contribution >= 0.6 is 0 Å². The number of nitrogens with zero attached hydrogens (tertiary/aromatic N) is 2. The summed E-state index contributed by atoms with van der Waals surface area (Å²) in [5.74, 6) is 0.581.